The fourth-order valence-electron chi connectivity index (χ4n) is 7.54. The molecule has 0 radical (unpaired) electrons. The lowest BCUT2D eigenvalue weighted by Crippen LogP contribution is -2.51. The number of amides is 2. The van der Waals surface area contributed by atoms with Crippen LogP contribution in [0.3, 0.4) is 0 Å². The summed E-state index contributed by atoms with van der Waals surface area (Å²) in [6, 6.07) is 1.44. The van der Waals surface area contributed by atoms with Gasteiger partial charge in [0.05, 0.1) is 23.7 Å². The Morgan fingerprint density at radius 2 is 1.87 bits per heavy atom. The molecule has 1 aliphatic carbocycles. The van der Waals surface area contributed by atoms with Gasteiger partial charge in [0, 0.05) is 70.3 Å². The van der Waals surface area contributed by atoms with E-state index >= 15 is 0 Å². The molecule has 2 amide bonds. The van der Waals surface area contributed by atoms with Gasteiger partial charge in [0.15, 0.2) is 0 Å². The third-order valence-electron chi connectivity index (χ3n) is 10.1. The van der Waals surface area contributed by atoms with Crippen LogP contribution in [0.1, 0.15) is 89.0 Å². The van der Waals surface area contributed by atoms with Gasteiger partial charge in [0.2, 0.25) is 5.91 Å². The minimum absolute atomic E-state index is 0.0383. The van der Waals surface area contributed by atoms with Crippen LogP contribution in [-0.2, 0) is 38.1 Å². The first kappa shape index (κ1) is 33.9. The molecule has 9 nitrogen and oxygen atoms in total. The van der Waals surface area contributed by atoms with Crippen molar-refractivity contribution in [3.8, 4) is 0 Å². The van der Waals surface area contributed by atoms with Gasteiger partial charge in [-0.2, -0.15) is 13.2 Å². The second-order valence-electron chi connectivity index (χ2n) is 14.4. The molecule has 4 aliphatic rings. The number of carbonyl (C=O) groups excluding carboxylic acids is 2. The number of likely N-dealkylation sites (tertiary alicyclic amines) is 1. The van der Waals surface area contributed by atoms with E-state index in [0.717, 1.165) is 50.8 Å². The van der Waals surface area contributed by atoms with Crippen LogP contribution in [0.15, 0.2) is 12.3 Å². The van der Waals surface area contributed by atoms with E-state index in [1.807, 2.05) is 20.8 Å². The smallest absolute Gasteiger partial charge is 0.417 e. The van der Waals surface area contributed by atoms with E-state index < -0.39 is 22.8 Å². The zero-order chi connectivity index (χ0) is 32.4. The first-order chi connectivity index (χ1) is 21.3. The largest absolute Gasteiger partial charge is 0.444 e. The predicted molar refractivity (Wildman–Crippen MR) is 161 cm³/mol. The van der Waals surface area contributed by atoms with Gasteiger partial charge in [0.1, 0.15) is 5.60 Å². The molecule has 5 rings (SSSR count). The minimum atomic E-state index is -4.48. The fraction of sp³-hybridized carbons (Fsp3) is 0.788. The van der Waals surface area contributed by atoms with E-state index in [2.05, 4.69) is 10.3 Å². The summed E-state index contributed by atoms with van der Waals surface area (Å²) in [5, 5.41) is 3.78. The van der Waals surface area contributed by atoms with E-state index in [4.69, 9.17) is 14.2 Å². The average Bonchev–Trinajstić information content (AvgIpc) is 3.42. The summed E-state index contributed by atoms with van der Waals surface area (Å²) >= 11 is 0. The molecule has 1 saturated carbocycles. The Kier molecular flexibility index (Phi) is 10.3. The average molecular weight is 639 g/mol. The summed E-state index contributed by atoms with van der Waals surface area (Å²) in [6.07, 6.45) is 2.90. The zero-order valence-corrected chi connectivity index (χ0v) is 27.1. The van der Waals surface area contributed by atoms with Crippen molar-refractivity contribution in [1.82, 2.24) is 20.1 Å². The van der Waals surface area contributed by atoms with Gasteiger partial charge in [-0.05, 0) is 89.7 Å². The van der Waals surface area contributed by atoms with Gasteiger partial charge in [-0.25, -0.2) is 4.79 Å². The monoisotopic (exact) mass is 638 g/mol. The molecule has 0 spiro atoms. The van der Waals surface area contributed by atoms with Crippen LogP contribution in [0.25, 0.3) is 0 Å². The fourth-order valence-corrected chi connectivity index (χ4v) is 7.54. The van der Waals surface area contributed by atoms with Gasteiger partial charge in [-0.3, -0.25) is 9.78 Å². The SMILES string of the molecule is COC1COCCC1NC1CCC(CCC2CCN(C(=O)OC(C)(C)C)CC2)(C(=O)N2CCc3ncc(C(F)(F)F)cc3C2)C1. The second-order valence-corrected chi connectivity index (χ2v) is 14.4. The molecule has 1 aromatic rings. The highest BCUT2D eigenvalue weighted by atomic mass is 19.4. The first-order valence-corrected chi connectivity index (χ1v) is 16.5. The van der Waals surface area contributed by atoms with Crippen molar-refractivity contribution in [2.45, 2.75) is 115 Å². The molecule has 252 valence electrons. The maximum Gasteiger partial charge on any atom is 0.417 e. The summed E-state index contributed by atoms with van der Waals surface area (Å²) in [5.74, 6) is 0.422. The van der Waals surface area contributed by atoms with Crippen LogP contribution in [0.4, 0.5) is 18.0 Å². The number of carbonyl (C=O) groups is 2. The number of alkyl halides is 3. The Balaban J connectivity index is 1.27. The standard InChI is InChI=1S/C33H49F3N4O5/c1-31(2,3)45-30(42)39-13-7-22(8-14-39)5-11-32(12-6-25(18-32)38-27-10-16-44-21-28(27)43-4)29(41)40-15-9-26-23(20-40)17-24(19-37-26)33(34,35)36/h17,19,22,25,27-28,38H,5-16,18,20-21H2,1-4H3. The molecule has 0 bridgehead atoms. The lowest BCUT2D eigenvalue weighted by molar-refractivity contribution is -0.144. The van der Waals surface area contributed by atoms with Gasteiger partial charge in [0.25, 0.3) is 0 Å². The second kappa shape index (κ2) is 13.7. The van der Waals surface area contributed by atoms with Crippen LogP contribution < -0.4 is 5.32 Å². The highest BCUT2D eigenvalue weighted by Crippen LogP contribution is 2.46. The normalized spacial score (nSPS) is 28.2. The lowest BCUT2D eigenvalue weighted by Gasteiger charge is -2.39. The van der Waals surface area contributed by atoms with Crippen molar-refractivity contribution in [2.75, 3.05) is 40.0 Å². The minimum Gasteiger partial charge on any atom is -0.444 e. The molecular weight excluding hydrogens is 589 g/mol. The predicted octanol–water partition coefficient (Wildman–Crippen LogP) is 5.34. The third-order valence-corrected chi connectivity index (χ3v) is 10.1. The first-order valence-electron chi connectivity index (χ1n) is 16.5. The molecule has 4 heterocycles. The number of rotatable bonds is 7. The van der Waals surface area contributed by atoms with Crippen molar-refractivity contribution >= 4 is 12.0 Å². The number of halogens is 3. The van der Waals surface area contributed by atoms with Gasteiger partial charge < -0.3 is 29.3 Å². The maximum atomic E-state index is 14.5. The van der Waals surface area contributed by atoms with Crippen LogP contribution in [0, 0.1) is 11.3 Å². The van der Waals surface area contributed by atoms with E-state index in [9.17, 15) is 22.8 Å². The van der Waals surface area contributed by atoms with E-state index in [1.165, 1.54) is 0 Å². The highest BCUT2D eigenvalue weighted by molar-refractivity contribution is 5.83. The number of aromatic nitrogens is 1. The molecule has 2 saturated heterocycles. The number of hydrogen-bond acceptors (Lipinski definition) is 7. The van der Waals surface area contributed by atoms with Crippen molar-refractivity contribution in [1.29, 1.82) is 0 Å². The molecule has 3 fully saturated rings. The molecule has 1 N–H and O–H groups in total. The Labute approximate surface area is 264 Å². The number of fused-ring (bicyclic) bond motifs is 1. The molecule has 4 unspecified atom stereocenters. The Hall–Kier alpha value is -2.44. The number of piperidine rings is 1. The molecule has 4 atom stereocenters. The summed E-state index contributed by atoms with van der Waals surface area (Å²) < 4.78 is 57.2. The highest BCUT2D eigenvalue weighted by Gasteiger charge is 2.48. The number of ether oxygens (including phenoxy) is 3. The summed E-state index contributed by atoms with van der Waals surface area (Å²) in [5.41, 5.74) is -0.806. The number of hydrogen-bond donors (Lipinski definition) is 1. The van der Waals surface area contributed by atoms with Gasteiger partial charge >= 0.3 is 12.3 Å². The van der Waals surface area contributed by atoms with Crippen molar-refractivity contribution in [2.24, 2.45) is 11.3 Å². The topological polar surface area (TPSA) is 93.2 Å². The third kappa shape index (κ3) is 8.29. The number of nitrogens with one attached hydrogen (secondary N) is 1. The van der Waals surface area contributed by atoms with E-state index in [-0.39, 0.29) is 36.7 Å². The molecular formula is C33H49F3N4O5. The zero-order valence-electron chi connectivity index (χ0n) is 27.1. The van der Waals surface area contributed by atoms with Crippen LogP contribution in [-0.4, -0.2) is 90.5 Å². The van der Waals surface area contributed by atoms with Crippen molar-refractivity contribution in [3.05, 3.63) is 29.1 Å². The number of nitrogens with zero attached hydrogens (tertiary/aromatic N) is 3. The summed E-state index contributed by atoms with van der Waals surface area (Å²) in [7, 11) is 1.69. The van der Waals surface area contributed by atoms with Crippen LogP contribution in [0.5, 0.6) is 0 Å². The van der Waals surface area contributed by atoms with Gasteiger partial charge in [-0.1, -0.05) is 0 Å². The Morgan fingerprint density at radius 1 is 1.11 bits per heavy atom. The van der Waals surface area contributed by atoms with Crippen LogP contribution in [0.2, 0.25) is 0 Å². The van der Waals surface area contributed by atoms with E-state index in [1.54, 1.807) is 16.9 Å². The molecule has 1 aromatic heterocycles. The number of pyridine rings is 1. The van der Waals surface area contributed by atoms with E-state index in [0.29, 0.717) is 69.3 Å². The Morgan fingerprint density at radius 3 is 2.56 bits per heavy atom. The summed E-state index contributed by atoms with van der Waals surface area (Å²) in [4.78, 5) is 34.7. The van der Waals surface area contributed by atoms with Crippen molar-refractivity contribution in [3.63, 3.8) is 0 Å². The molecule has 3 aliphatic heterocycles. The lowest BCUT2D eigenvalue weighted by atomic mass is 9.76. The number of methoxy groups -OCH3 is 1. The molecule has 0 aromatic carbocycles. The molecule has 45 heavy (non-hydrogen) atoms. The summed E-state index contributed by atoms with van der Waals surface area (Å²) in [6.45, 7) is 8.64. The van der Waals surface area contributed by atoms with Crippen molar-refractivity contribution < 1.29 is 37.0 Å². The Bertz CT molecular complexity index is 1200. The van der Waals surface area contributed by atoms with Crippen LogP contribution >= 0.6 is 0 Å². The maximum absolute atomic E-state index is 14.5. The van der Waals surface area contributed by atoms with Gasteiger partial charge in [-0.15, -0.1) is 0 Å². The molecule has 12 heteroatoms. The quantitative estimate of drug-likeness (QED) is 0.431.